The lowest BCUT2D eigenvalue weighted by atomic mass is 10.2. The Morgan fingerprint density at radius 2 is 2.27 bits per heavy atom. The minimum Gasteiger partial charge on any atom is -0.385 e. The number of aliphatic hydroxyl groups excluding tert-OH is 1. The molecule has 15 heavy (non-hydrogen) atoms. The summed E-state index contributed by atoms with van der Waals surface area (Å²) in [6.07, 6.45) is 1.18. The van der Waals surface area contributed by atoms with Gasteiger partial charge in [-0.2, -0.15) is 5.10 Å². The van der Waals surface area contributed by atoms with Crippen LogP contribution in [0.4, 0.5) is 0 Å². The molecule has 0 saturated heterocycles. The zero-order valence-electron chi connectivity index (χ0n) is 8.81. The van der Waals surface area contributed by atoms with E-state index in [4.69, 9.17) is 5.73 Å². The molecular weight excluding hydrogens is 192 g/mol. The van der Waals surface area contributed by atoms with Crippen molar-refractivity contribution in [1.29, 1.82) is 0 Å². The first-order chi connectivity index (χ1) is 7.11. The van der Waals surface area contributed by atoms with Crippen molar-refractivity contribution in [3.05, 3.63) is 29.2 Å². The second-order valence-corrected chi connectivity index (χ2v) is 3.63. The highest BCUT2D eigenvalue weighted by molar-refractivity contribution is 5.41. The largest absolute Gasteiger partial charge is 0.385 e. The van der Waals surface area contributed by atoms with Gasteiger partial charge in [-0.3, -0.25) is 0 Å². The minimum atomic E-state index is -0.715. The average Bonchev–Trinajstić information content (AvgIpc) is 2.60. The van der Waals surface area contributed by atoms with Gasteiger partial charge in [0.15, 0.2) is 5.65 Å². The molecule has 5 nitrogen and oxygen atoms in total. The van der Waals surface area contributed by atoms with Gasteiger partial charge in [0.1, 0.15) is 6.10 Å². The fraction of sp³-hybridized carbons (Fsp3) is 0.400. The van der Waals surface area contributed by atoms with E-state index in [1.54, 1.807) is 10.6 Å². The molecular formula is C10H14N4O. The number of nitrogens with two attached hydrogens (primary N) is 1. The Hall–Kier alpha value is -1.46. The number of nitrogens with zero attached hydrogens (tertiary/aromatic N) is 3. The number of aryl methyl sites for hydroxylation is 2. The Bertz CT molecular complexity index is 452. The van der Waals surface area contributed by atoms with Gasteiger partial charge >= 0.3 is 0 Å². The lowest BCUT2D eigenvalue weighted by molar-refractivity contribution is 0.181. The predicted octanol–water partition coefficient (Wildman–Crippen LogP) is 0.338. The van der Waals surface area contributed by atoms with Gasteiger partial charge in [-0.15, -0.1) is 0 Å². The van der Waals surface area contributed by atoms with Crippen LogP contribution in [0.5, 0.6) is 0 Å². The summed E-state index contributed by atoms with van der Waals surface area (Å²) in [5.41, 5.74) is 8.71. The molecule has 0 bridgehead atoms. The van der Waals surface area contributed by atoms with Crippen molar-refractivity contribution in [1.82, 2.24) is 14.6 Å². The number of rotatable bonds is 2. The Morgan fingerprint density at radius 1 is 1.53 bits per heavy atom. The number of aliphatic hydroxyl groups is 1. The fourth-order valence-corrected chi connectivity index (χ4v) is 1.40. The number of fused-ring (bicyclic) bond motifs is 1. The van der Waals surface area contributed by atoms with Gasteiger partial charge in [0.2, 0.25) is 0 Å². The Kier molecular flexibility index (Phi) is 2.42. The van der Waals surface area contributed by atoms with Crippen LogP contribution in [0.15, 0.2) is 12.3 Å². The van der Waals surface area contributed by atoms with Gasteiger partial charge in [-0.25, -0.2) is 9.50 Å². The highest BCUT2D eigenvalue weighted by Crippen LogP contribution is 2.13. The van der Waals surface area contributed by atoms with Crippen LogP contribution in [0.2, 0.25) is 0 Å². The molecule has 0 fully saturated rings. The fourth-order valence-electron chi connectivity index (χ4n) is 1.40. The summed E-state index contributed by atoms with van der Waals surface area (Å²) in [5, 5.41) is 13.7. The summed E-state index contributed by atoms with van der Waals surface area (Å²) in [4.78, 5) is 4.36. The third-order valence-corrected chi connectivity index (χ3v) is 2.47. The van der Waals surface area contributed by atoms with Crippen molar-refractivity contribution >= 4 is 5.65 Å². The van der Waals surface area contributed by atoms with E-state index in [2.05, 4.69) is 10.1 Å². The van der Waals surface area contributed by atoms with Crippen LogP contribution in [-0.2, 0) is 0 Å². The van der Waals surface area contributed by atoms with E-state index in [0.29, 0.717) is 5.69 Å². The van der Waals surface area contributed by atoms with Gasteiger partial charge in [0.25, 0.3) is 0 Å². The normalized spacial score (nSPS) is 13.3. The van der Waals surface area contributed by atoms with E-state index in [1.165, 1.54) is 0 Å². The van der Waals surface area contributed by atoms with Crippen LogP contribution in [0.3, 0.4) is 0 Å². The van der Waals surface area contributed by atoms with Crippen LogP contribution in [0.1, 0.15) is 23.1 Å². The van der Waals surface area contributed by atoms with Crippen LogP contribution >= 0.6 is 0 Å². The molecule has 5 heteroatoms. The van der Waals surface area contributed by atoms with Gasteiger partial charge in [-0.05, 0) is 19.4 Å². The Balaban J connectivity index is 2.56. The topological polar surface area (TPSA) is 76.4 Å². The third kappa shape index (κ3) is 1.71. The summed E-state index contributed by atoms with van der Waals surface area (Å²) in [5.74, 6) is 0. The maximum absolute atomic E-state index is 9.54. The molecule has 0 amide bonds. The van der Waals surface area contributed by atoms with Crippen LogP contribution in [0, 0.1) is 13.8 Å². The molecule has 0 aliphatic heterocycles. The quantitative estimate of drug-likeness (QED) is 0.742. The molecule has 0 aliphatic carbocycles. The number of aromatic nitrogens is 3. The molecule has 2 aromatic heterocycles. The standard InChI is InChI=1S/C10H14N4O/c1-6-5-14-10(12-7(6)2)3-8(13-14)9(15)4-11/h3,5,9,15H,4,11H2,1-2H3. The second-order valence-electron chi connectivity index (χ2n) is 3.63. The minimum absolute atomic E-state index is 0.168. The molecule has 0 aliphatic rings. The van der Waals surface area contributed by atoms with Gasteiger partial charge in [0.05, 0.1) is 5.69 Å². The van der Waals surface area contributed by atoms with Gasteiger partial charge in [0, 0.05) is 24.5 Å². The van der Waals surface area contributed by atoms with E-state index in [1.807, 2.05) is 20.0 Å². The highest BCUT2D eigenvalue weighted by Gasteiger charge is 2.11. The van der Waals surface area contributed by atoms with Crippen LogP contribution in [-0.4, -0.2) is 26.2 Å². The third-order valence-electron chi connectivity index (χ3n) is 2.47. The Morgan fingerprint density at radius 3 is 2.93 bits per heavy atom. The molecule has 0 spiro atoms. The molecule has 2 heterocycles. The van der Waals surface area contributed by atoms with Gasteiger partial charge in [-0.1, -0.05) is 0 Å². The lowest BCUT2D eigenvalue weighted by Gasteiger charge is -2.00. The summed E-state index contributed by atoms with van der Waals surface area (Å²) in [7, 11) is 0. The molecule has 80 valence electrons. The maximum atomic E-state index is 9.54. The number of hydrogen-bond acceptors (Lipinski definition) is 4. The van der Waals surface area contributed by atoms with Crippen molar-refractivity contribution in [2.75, 3.05) is 6.54 Å². The van der Waals surface area contributed by atoms with Crippen molar-refractivity contribution in [3.63, 3.8) is 0 Å². The van der Waals surface area contributed by atoms with E-state index in [-0.39, 0.29) is 6.54 Å². The van der Waals surface area contributed by atoms with Crippen molar-refractivity contribution in [2.45, 2.75) is 20.0 Å². The van der Waals surface area contributed by atoms with Crippen LogP contribution < -0.4 is 5.73 Å². The smallest absolute Gasteiger partial charge is 0.155 e. The molecule has 2 aromatic rings. The predicted molar refractivity (Wildman–Crippen MR) is 56.5 cm³/mol. The van der Waals surface area contributed by atoms with E-state index < -0.39 is 6.10 Å². The summed E-state index contributed by atoms with van der Waals surface area (Å²) in [6.45, 7) is 4.09. The van der Waals surface area contributed by atoms with Crippen LogP contribution in [0.25, 0.3) is 5.65 Å². The summed E-state index contributed by atoms with van der Waals surface area (Å²) < 4.78 is 1.66. The molecule has 3 N–H and O–H groups in total. The molecule has 1 atom stereocenters. The molecule has 0 saturated carbocycles. The molecule has 0 radical (unpaired) electrons. The zero-order valence-corrected chi connectivity index (χ0v) is 8.81. The monoisotopic (exact) mass is 206 g/mol. The second kappa shape index (κ2) is 3.60. The van der Waals surface area contributed by atoms with E-state index in [9.17, 15) is 5.11 Å². The summed E-state index contributed by atoms with van der Waals surface area (Å²) in [6, 6.07) is 1.75. The number of hydrogen-bond donors (Lipinski definition) is 2. The van der Waals surface area contributed by atoms with E-state index >= 15 is 0 Å². The van der Waals surface area contributed by atoms with Crippen molar-refractivity contribution < 1.29 is 5.11 Å². The SMILES string of the molecule is Cc1cn2nc(C(O)CN)cc2nc1C. The summed E-state index contributed by atoms with van der Waals surface area (Å²) >= 11 is 0. The molecule has 2 rings (SSSR count). The van der Waals surface area contributed by atoms with Crippen molar-refractivity contribution in [2.24, 2.45) is 5.73 Å². The average molecular weight is 206 g/mol. The molecule has 0 aromatic carbocycles. The van der Waals surface area contributed by atoms with E-state index in [0.717, 1.165) is 16.9 Å². The first-order valence-electron chi connectivity index (χ1n) is 4.83. The zero-order chi connectivity index (χ0) is 11.0. The van der Waals surface area contributed by atoms with Crippen molar-refractivity contribution in [3.8, 4) is 0 Å². The first-order valence-corrected chi connectivity index (χ1v) is 4.83. The maximum Gasteiger partial charge on any atom is 0.155 e. The van der Waals surface area contributed by atoms with Gasteiger partial charge < -0.3 is 10.8 Å². The highest BCUT2D eigenvalue weighted by atomic mass is 16.3. The molecule has 1 unspecified atom stereocenters. The Labute approximate surface area is 87.6 Å². The first kappa shape index (κ1) is 10.1. The lowest BCUT2D eigenvalue weighted by Crippen LogP contribution is -2.11.